The van der Waals surface area contributed by atoms with Crippen molar-refractivity contribution in [1.82, 2.24) is 4.98 Å². The van der Waals surface area contributed by atoms with Gasteiger partial charge in [0.15, 0.2) is 6.20 Å². The van der Waals surface area contributed by atoms with E-state index in [1.807, 2.05) is 0 Å². The second-order valence-corrected chi connectivity index (χ2v) is 1.46. The smallest absolute Gasteiger partial charge is 0.195 e. The third kappa shape index (κ3) is 1.04. The van der Waals surface area contributed by atoms with Crippen LogP contribution in [0.2, 0.25) is 0 Å². The molecule has 0 atom stereocenters. The molecule has 0 aromatic carbocycles. The standard InChI is InChI=1S/C4HF4N2/c5-2-1-10(8)4(7)9-3(2)6/h1H/q+1. The first-order valence-corrected chi connectivity index (χ1v) is 2.20. The SMILES string of the molecule is Fc1c[n+](F)c(F)nc1F. The van der Waals surface area contributed by atoms with Gasteiger partial charge in [0, 0.05) is 9.47 Å². The molecule has 0 N–H and O–H groups in total. The van der Waals surface area contributed by atoms with E-state index in [-0.39, 0.29) is 6.20 Å². The zero-order chi connectivity index (χ0) is 7.72. The second-order valence-electron chi connectivity index (χ2n) is 1.46. The molecule has 1 aromatic heterocycles. The molecule has 0 aliphatic heterocycles. The van der Waals surface area contributed by atoms with Crippen molar-refractivity contribution >= 4 is 0 Å². The van der Waals surface area contributed by atoms with Crippen LogP contribution in [0, 0.1) is 17.8 Å². The van der Waals surface area contributed by atoms with Crippen molar-refractivity contribution in [3.8, 4) is 0 Å². The molecule has 0 radical (unpaired) electrons. The Kier molecular flexibility index (Phi) is 1.52. The highest BCUT2D eigenvalue weighted by Gasteiger charge is 2.19. The summed E-state index contributed by atoms with van der Waals surface area (Å²) in [5, 5.41) is 0. The van der Waals surface area contributed by atoms with Crippen LogP contribution in [-0.2, 0) is 0 Å². The van der Waals surface area contributed by atoms with Crippen LogP contribution in [0.4, 0.5) is 17.7 Å². The van der Waals surface area contributed by atoms with Crippen molar-refractivity contribution in [3.63, 3.8) is 0 Å². The lowest BCUT2D eigenvalue weighted by molar-refractivity contribution is -0.869. The lowest BCUT2D eigenvalue weighted by Gasteiger charge is -1.82. The molecule has 0 saturated heterocycles. The summed E-state index contributed by atoms with van der Waals surface area (Å²) in [7, 11) is 0. The number of nitrogens with zero attached hydrogens (tertiary/aromatic N) is 2. The Bertz CT molecular complexity index is 211. The Hall–Kier alpha value is -1.20. The minimum atomic E-state index is -1.72. The number of hydrogen-bond donors (Lipinski definition) is 0. The molecule has 0 unspecified atom stereocenters. The molecule has 0 saturated carbocycles. The summed E-state index contributed by atoms with van der Waals surface area (Å²) in [5.41, 5.74) is 0. The summed E-state index contributed by atoms with van der Waals surface area (Å²) < 4.78 is 47.4. The van der Waals surface area contributed by atoms with Gasteiger partial charge in [-0.15, -0.1) is 4.39 Å². The van der Waals surface area contributed by atoms with E-state index in [9.17, 15) is 17.7 Å². The molecule has 0 amide bonds. The van der Waals surface area contributed by atoms with Crippen molar-refractivity contribution in [1.29, 1.82) is 0 Å². The van der Waals surface area contributed by atoms with Crippen LogP contribution in [0.15, 0.2) is 6.20 Å². The number of aromatic nitrogens is 2. The quantitative estimate of drug-likeness (QED) is 0.301. The van der Waals surface area contributed by atoms with E-state index in [2.05, 4.69) is 4.98 Å². The predicted octanol–water partition coefficient (Wildman–Crippen LogP) is 0.519. The van der Waals surface area contributed by atoms with Crippen LogP contribution >= 0.6 is 0 Å². The molecule has 10 heavy (non-hydrogen) atoms. The van der Waals surface area contributed by atoms with E-state index in [1.54, 1.807) is 0 Å². The molecule has 2 nitrogen and oxygen atoms in total. The van der Waals surface area contributed by atoms with Crippen molar-refractivity contribution in [2.24, 2.45) is 0 Å². The molecule has 0 fully saturated rings. The van der Waals surface area contributed by atoms with Gasteiger partial charge in [0.1, 0.15) is 0 Å². The van der Waals surface area contributed by atoms with Gasteiger partial charge in [-0.3, -0.25) is 0 Å². The minimum Gasteiger partial charge on any atom is -0.195 e. The fourth-order valence-electron chi connectivity index (χ4n) is 0.388. The molecule has 54 valence electrons. The molecule has 0 aliphatic rings. The first kappa shape index (κ1) is 6.91. The summed E-state index contributed by atoms with van der Waals surface area (Å²) in [6, 6.07) is 0. The average Bonchev–Trinajstić information content (AvgIpc) is 1.84. The fourth-order valence-corrected chi connectivity index (χ4v) is 0.388. The molecular weight excluding hydrogens is 152 g/mol. The molecule has 0 bridgehead atoms. The van der Waals surface area contributed by atoms with Crippen LogP contribution in [-0.4, -0.2) is 4.98 Å². The van der Waals surface area contributed by atoms with E-state index >= 15 is 0 Å². The van der Waals surface area contributed by atoms with Gasteiger partial charge in [0.25, 0.3) is 0 Å². The Morgan fingerprint density at radius 3 is 2.40 bits per heavy atom. The van der Waals surface area contributed by atoms with Crippen LogP contribution in [0.1, 0.15) is 0 Å². The maximum Gasteiger partial charge on any atom is 0.527 e. The predicted molar refractivity (Wildman–Crippen MR) is 20.8 cm³/mol. The molecular formula is C4HF4N2+. The maximum atomic E-state index is 11.9. The zero-order valence-electron chi connectivity index (χ0n) is 4.48. The molecule has 6 heteroatoms. The van der Waals surface area contributed by atoms with Gasteiger partial charge >= 0.3 is 12.0 Å². The van der Waals surface area contributed by atoms with E-state index < -0.39 is 22.6 Å². The highest BCUT2D eigenvalue weighted by Crippen LogP contribution is 1.97. The first-order valence-electron chi connectivity index (χ1n) is 2.20. The third-order valence-electron chi connectivity index (χ3n) is 0.790. The van der Waals surface area contributed by atoms with E-state index in [0.29, 0.717) is 0 Å². The zero-order valence-corrected chi connectivity index (χ0v) is 4.48. The average molecular weight is 153 g/mol. The molecule has 1 rings (SSSR count). The fraction of sp³-hybridized carbons (Fsp3) is 0. The summed E-state index contributed by atoms with van der Waals surface area (Å²) >= 11 is 0. The summed E-state index contributed by atoms with van der Waals surface area (Å²) in [6.45, 7) is 0. The molecule has 1 aromatic rings. The summed E-state index contributed by atoms with van der Waals surface area (Å²) in [6.07, 6.45) is -1.71. The largest absolute Gasteiger partial charge is 0.527 e. The Labute approximate surface area is 52.7 Å². The van der Waals surface area contributed by atoms with Crippen LogP contribution in [0.25, 0.3) is 0 Å². The number of halogens is 4. The monoisotopic (exact) mass is 153 g/mol. The van der Waals surface area contributed by atoms with Crippen LogP contribution in [0.5, 0.6) is 0 Å². The highest BCUT2D eigenvalue weighted by atomic mass is 19.2. The van der Waals surface area contributed by atoms with Crippen molar-refractivity contribution in [3.05, 3.63) is 24.0 Å². The first-order chi connectivity index (χ1) is 4.61. The van der Waals surface area contributed by atoms with Gasteiger partial charge in [0.05, 0.1) is 0 Å². The van der Waals surface area contributed by atoms with Gasteiger partial charge in [-0.25, -0.2) is 0 Å². The number of hydrogen-bond acceptors (Lipinski definition) is 1. The Morgan fingerprint density at radius 2 is 1.90 bits per heavy atom. The lowest BCUT2D eigenvalue weighted by Crippen LogP contribution is -2.30. The minimum absolute atomic E-state index is 0.0116. The lowest BCUT2D eigenvalue weighted by atomic mass is 10.6. The van der Waals surface area contributed by atoms with Gasteiger partial charge in [-0.05, 0) is 4.79 Å². The molecule has 0 spiro atoms. The van der Waals surface area contributed by atoms with E-state index in [4.69, 9.17) is 0 Å². The Morgan fingerprint density at radius 1 is 1.30 bits per heavy atom. The number of rotatable bonds is 0. The highest BCUT2D eigenvalue weighted by molar-refractivity contribution is 4.81. The van der Waals surface area contributed by atoms with Crippen molar-refractivity contribution < 1.29 is 22.4 Å². The van der Waals surface area contributed by atoms with Crippen molar-refractivity contribution in [2.75, 3.05) is 0 Å². The molecule has 1 heterocycles. The van der Waals surface area contributed by atoms with Crippen LogP contribution in [0.3, 0.4) is 0 Å². The third-order valence-corrected chi connectivity index (χ3v) is 0.790. The van der Waals surface area contributed by atoms with E-state index in [0.717, 1.165) is 0 Å². The van der Waals surface area contributed by atoms with Crippen molar-refractivity contribution in [2.45, 2.75) is 0 Å². The molecule has 0 aliphatic carbocycles. The van der Waals surface area contributed by atoms with Crippen LogP contribution < -0.4 is 4.79 Å². The maximum absolute atomic E-state index is 11.9. The van der Waals surface area contributed by atoms with Gasteiger partial charge < -0.3 is 0 Å². The summed E-state index contributed by atoms with van der Waals surface area (Å²) in [5.74, 6) is -3.20. The van der Waals surface area contributed by atoms with E-state index in [1.165, 1.54) is 0 Å². The van der Waals surface area contributed by atoms with Gasteiger partial charge in [-0.1, -0.05) is 0 Å². The second kappa shape index (κ2) is 2.20. The Balaban J connectivity index is 3.28. The van der Waals surface area contributed by atoms with Gasteiger partial charge in [-0.2, -0.15) is 8.78 Å². The summed E-state index contributed by atoms with van der Waals surface area (Å²) in [4.78, 5) is 1.50. The van der Waals surface area contributed by atoms with Gasteiger partial charge in [0.2, 0.25) is 5.82 Å². The normalized spacial score (nSPS) is 10.0. The topological polar surface area (TPSA) is 16.8 Å².